The first-order valence-corrected chi connectivity index (χ1v) is 5.19. The number of furan rings is 1. The Kier molecular flexibility index (Phi) is 2.61. The zero-order chi connectivity index (χ0) is 10.0. The molecule has 1 N–H and O–H groups in total. The Bertz CT molecular complexity index is 275. The molecule has 0 saturated carbocycles. The predicted octanol–water partition coefficient (Wildman–Crippen LogP) is 1.63. The van der Waals surface area contributed by atoms with Gasteiger partial charge in [-0.05, 0) is 18.6 Å². The molecule has 1 fully saturated rings. The number of hydrogen-bond donors (Lipinski definition) is 1. The zero-order valence-electron chi connectivity index (χ0n) is 8.57. The number of likely N-dealkylation sites (tertiary alicyclic amines) is 1. The monoisotopic (exact) mass is 195 g/mol. The summed E-state index contributed by atoms with van der Waals surface area (Å²) in [5.41, 5.74) is -0.429. The van der Waals surface area contributed by atoms with E-state index in [9.17, 15) is 5.11 Å². The third-order valence-corrected chi connectivity index (χ3v) is 2.71. The Hall–Kier alpha value is -0.800. The molecular weight excluding hydrogens is 178 g/mol. The normalized spacial score (nSPS) is 20.7. The number of rotatable bonds is 4. The topological polar surface area (TPSA) is 36.6 Å². The van der Waals surface area contributed by atoms with Crippen LogP contribution < -0.4 is 0 Å². The van der Waals surface area contributed by atoms with Crippen LogP contribution in [0.5, 0.6) is 0 Å². The van der Waals surface area contributed by atoms with E-state index < -0.39 is 5.60 Å². The molecule has 0 bridgehead atoms. The predicted molar refractivity (Wildman–Crippen MR) is 53.8 cm³/mol. The van der Waals surface area contributed by atoms with E-state index >= 15 is 0 Å². The van der Waals surface area contributed by atoms with Crippen LogP contribution >= 0.6 is 0 Å². The molecule has 2 heterocycles. The van der Waals surface area contributed by atoms with Gasteiger partial charge in [0.1, 0.15) is 5.76 Å². The minimum absolute atomic E-state index is 0.429. The summed E-state index contributed by atoms with van der Waals surface area (Å²) >= 11 is 0. The highest BCUT2D eigenvalue weighted by atomic mass is 16.3. The molecular formula is C11H17NO2. The summed E-state index contributed by atoms with van der Waals surface area (Å²) in [7, 11) is 0. The number of hydrogen-bond acceptors (Lipinski definition) is 3. The Morgan fingerprint density at radius 2 is 2.36 bits per heavy atom. The average Bonchev–Trinajstić information content (AvgIpc) is 2.54. The molecule has 1 aliphatic rings. The molecule has 3 nitrogen and oxygen atoms in total. The molecule has 0 atom stereocenters. The van der Waals surface area contributed by atoms with Crippen molar-refractivity contribution in [1.82, 2.24) is 4.90 Å². The summed E-state index contributed by atoms with van der Waals surface area (Å²) in [6.45, 7) is 4.48. The largest absolute Gasteiger partial charge is 0.468 e. The molecule has 1 aromatic rings. The molecule has 0 radical (unpaired) electrons. The SMILES string of the molecule is CCCC1(O)CN(Cc2ccco2)C1. The Labute approximate surface area is 84.3 Å². The second kappa shape index (κ2) is 3.75. The Morgan fingerprint density at radius 1 is 1.57 bits per heavy atom. The smallest absolute Gasteiger partial charge is 0.117 e. The summed E-state index contributed by atoms with van der Waals surface area (Å²) in [6.07, 6.45) is 3.64. The number of nitrogens with zero attached hydrogens (tertiary/aromatic N) is 1. The molecule has 0 amide bonds. The van der Waals surface area contributed by atoms with Crippen molar-refractivity contribution in [1.29, 1.82) is 0 Å². The molecule has 1 aliphatic heterocycles. The van der Waals surface area contributed by atoms with E-state index in [-0.39, 0.29) is 0 Å². The molecule has 1 saturated heterocycles. The van der Waals surface area contributed by atoms with Gasteiger partial charge >= 0.3 is 0 Å². The maximum atomic E-state index is 9.94. The van der Waals surface area contributed by atoms with Crippen molar-refractivity contribution in [3.8, 4) is 0 Å². The third-order valence-electron chi connectivity index (χ3n) is 2.71. The number of β-amino-alcohol motifs (C(OH)–C–C–N with tert-alkyl or cyclic N) is 1. The van der Waals surface area contributed by atoms with Crippen LogP contribution in [0.1, 0.15) is 25.5 Å². The van der Waals surface area contributed by atoms with E-state index in [1.807, 2.05) is 12.1 Å². The van der Waals surface area contributed by atoms with Gasteiger partial charge in [-0.15, -0.1) is 0 Å². The van der Waals surface area contributed by atoms with Gasteiger partial charge in [-0.1, -0.05) is 13.3 Å². The first-order valence-electron chi connectivity index (χ1n) is 5.19. The fourth-order valence-corrected chi connectivity index (χ4v) is 2.14. The van der Waals surface area contributed by atoms with Crippen LogP contribution in [-0.4, -0.2) is 28.7 Å². The number of aliphatic hydroxyl groups is 1. The first kappa shape index (κ1) is 9.74. The van der Waals surface area contributed by atoms with Gasteiger partial charge in [0.05, 0.1) is 18.4 Å². The molecule has 0 aliphatic carbocycles. The molecule has 2 rings (SSSR count). The fourth-order valence-electron chi connectivity index (χ4n) is 2.14. The van der Waals surface area contributed by atoms with E-state index in [0.717, 1.165) is 38.2 Å². The second-order valence-electron chi connectivity index (χ2n) is 4.20. The highest BCUT2D eigenvalue weighted by Crippen LogP contribution is 2.27. The summed E-state index contributed by atoms with van der Waals surface area (Å²) in [5.74, 6) is 0.976. The van der Waals surface area contributed by atoms with Crippen LogP contribution in [0.4, 0.5) is 0 Å². The lowest BCUT2D eigenvalue weighted by Crippen LogP contribution is -2.60. The standard InChI is InChI=1S/C11H17NO2/c1-2-5-11(13)8-12(9-11)7-10-4-3-6-14-10/h3-4,6,13H,2,5,7-9H2,1H3. The van der Waals surface area contributed by atoms with Crippen LogP contribution in [0.2, 0.25) is 0 Å². The van der Waals surface area contributed by atoms with Gasteiger partial charge in [0.2, 0.25) is 0 Å². The lowest BCUT2D eigenvalue weighted by molar-refractivity contribution is -0.108. The van der Waals surface area contributed by atoms with E-state index in [2.05, 4.69) is 11.8 Å². The van der Waals surface area contributed by atoms with Crippen molar-refractivity contribution in [2.45, 2.75) is 31.9 Å². The quantitative estimate of drug-likeness (QED) is 0.793. The molecule has 0 spiro atoms. The molecule has 1 aromatic heterocycles. The van der Waals surface area contributed by atoms with Gasteiger partial charge in [-0.3, -0.25) is 4.90 Å². The van der Waals surface area contributed by atoms with E-state index in [1.54, 1.807) is 6.26 Å². The van der Waals surface area contributed by atoms with Crippen LogP contribution in [0, 0.1) is 0 Å². The van der Waals surface area contributed by atoms with Gasteiger partial charge in [-0.2, -0.15) is 0 Å². The minimum Gasteiger partial charge on any atom is -0.468 e. The first-order chi connectivity index (χ1) is 6.72. The molecule has 0 aromatic carbocycles. The Morgan fingerprint density at radius 3 is 2.93 bits per heavy atom. The molecule has 0 unspecified atom stereocenters. The molecule has 3 heteroatoms. The minimum atomic E-state index is -0.429. The van der Waals surface area contributed by atoms with Gasteiger partial charge in [0, 0.05) is 13.1 Å². The van der Waals surface area contributed by atoms with Gasteiger partial charge in [-0.25, -0.2) is 0 Å². The van der Waals surface area contributed by atoms with Crippen molar-refractivity contribution in [2.75, 3.05) is 13.1 Å². The van der Waals surface area contributed by atoms with Crippen LogP contribution in [0.3, 0.4) is 0 Å². The van der Waals surface area contributed by atoms with E-state index in [1.165, 1.54) is 0 Å². The molecule has 14 heavy (non-hydrogen) atoms. The lowest BCUT2D eigenvalue weighted by Gasteiger charge is -2.46. The van der Waals surface area contributed by atoms with Crippen LogP contribution in [-0.2, 0) is 6.54 Å². The van der Waals surface area contributed by atoms with Gasteiger partial charge in [0.25, 0.3) is 0 Å². The van der Waals surface area contributed by atoms with E-state index in [4.69, 9.17) is 4.42 Å². The summed E-state index contributed by atoms with van der Waals surface area (Å²) in [6, 6.07) is 3.87. The third kappa shape index (κ3) is 1.99. The van der Waals surface area contributed by atoms with Crippen molar-refractivity contribution < 1.29 is 9.52 Å². The van der Waals surface area contributed by atoms with Gasteiger partial charge < -0.3 is 9.52 Å². The second-order valence-corrected chi connectivity index (χ2v) is 4.20. The van der Waals surface area contributed by atoms with Crippen molar-refractivity contribution in [3.63, 3.8) is 0 Å². The van der Waals surface area contributed by atoms with Crippen LogP contribution in [0.25, 0.3) is 0 Å². The highest BCUT2D eigenvalue weighted by molar-refractivity contribution is 5.02. The van der Waals surface area contributed by atoms with Gasteiger partial charge in [0.15, 0.2) is 0 Å². The zero-order valence-corrected chi connectivity index (χ0v) is 8.57. The van der Waals surface area contributed by atoms with E-state index in [0.29, 0.717) is 0 Å². The van der Waals surface area contributed by atoms with Crippen molar-refractivity contribution in [2.24, 2.45) is 0 Å². The van der Waals surface area contributed by atoms with Crippen molar-refractivity contribution >= 4 is 0 Å². The average molecular weight is 195 g/mol. The van der Waals surface area contributed by atoms with Crippen molar-refractivity contribution in [3.05, 3.63) is 24.2 Å². The van der Waals surface area contributed by atoms with Crippen LogP contribution in [0.15, 0.2) is 22.8 Å². The summed E-state index contributed by atoms with van der Waals surface area (Å²) < 4.78 is 5.24. The fraction of sp³-hybridized carbons (Fsp3) is 0.636. The summed E-state index contributed by atoms with van der Waals surface area (Å²) in [5, 5.41) is 9.94. The summed E-state index contributed by atoms with van der Waals surface area (Å²) in [4.78, 5) is 2.20. The maximum Gasteiger partial charge on any atom is 0.117 e. The maximum absolute atomic E-state index is 9.94. The lowest BCUT2D eigenvalue weighted by atomic mass is 9.89. The Balaban J connectivity index is 1.78. The molecule has 78 valence electrons. The highest BCUT2D eigenvalue weighted by Gasteiger charge is 2.40.